The standard InChI is InChI=1S/C17H22N6O3/c1-10(24)7-19-16-15-12(20-17(18)21-16)9-23(22-15)8-11-13(25-2)5-4-6-14(11)26-3/h4-6,9-10,24H,7-8H2,1-3H3,(H3,18,19,20,21)/t10-/m0/s1. The van der Waals surface area contributed by atoms with Crippen molar-refractivity contribution >= 4 is 22.8 Å². The van der Waals surface area contributed by atoms with Gasteiger partial charge in [-0.05, 0) is 19.1 Å². The normalized spacial score (nSPS) is 12.2. The fraction of sp³-hybridized carbons (Fsp3) is 0.353. The summed E-state index contributed by atoms with van der Waals surface area (Å²) in [4.78, 5) is 8.41. The first-order chi connectivity index (χ1) is 12.5. The topological polar surface area (TPSA) is 120 Å². The van der Waals surface area contributed by atoms with Gasteiger partial charge >= 0.3 is 0 Å². The molecule has 9 nitrogen and oxygen atoms in total. The summed E-state index contributed by atoms with van der Waals surface area (Å²) in [5, 5.41) is 17.1. The van der Waals surface area contributed by atoms with E-state index in [0.717, 1.165) is 5.56 Å². The Morgan fingerprint density at radius 3 is 2.54 bits per heavy atom. The molecular formula is C17H22N6O3. The molecule has 138 valence electrons. The Balaban J connectivity index is 1.99. The van der Waals surface area contributed by atoms with Crippen molar-refractivity contribution in [3.05, 3.63) is 30.0 Å². The van der Waals surface area contributed by atoms with E-state index in [2.05, 4.69) is 20.4 Å². The van der Waals surface area contributed by atoms with Crippen LogP contribution >= 0.6 is 0 Å². The first kappa shape index (κ1) is 17.7. The molecule has 0 aliphatic carbocycles. The van der Waals surface area contributed by atoms with E-state index in [1.807, 2.05) is 18.2 Å². The number of nitrogens with zero attached hydrogens (tertiary/aromatic N) is 4. The number of ether oxygens (including phenoxy) is 2. The van der Waals surface area contributed by atoms with Crippen LogP contribution in [0.3, 0.4) is 0 Å². The molecule has 0 aliphatic rings. The second-order valence-corrected chi connectivity index (χ2v) is 5.86. The molecule has 0 unspecified atom stereocenters. The molecule has 2 heterocycles. The van der Waals surface area contributed by atoms with Crippen LogP contribution in [0.2, 0.25) is 0 Å². The zero-order valence-electron chi connectivity index (χ0n) is 14.9. The smallest absolute Gasteiger partial charge is 0.222 e. The number of methoxy groups -OCH3 is 2. The summed E-state index contributed by atoms with van der Waals surface area (Å²) in [5.41, 5.74) is 7.84. The largest absolute Gasteiger partial charge is 0.496 e. The summed E-state index contributed by atoms with van der Waals surface area (Å²) in [5.74, 6) is 2.04. The third-order valence-electron chi connectivity index (χ3n) is 3.84. The monoisotopic (exact) mass is 358 g/mol. The molecule has 2 aromatic heterocycles. The van der Waals surface area contributed by atoms with Crippen LogP contribution in [0.15, 0.2) is 24.4 Å². The van der Waals surface area contributed by atoms with E-state index in [9.17, 15) is 5.11 Å². The van der Waals surface area contributed by atoms with E-state index in [-0.39, 0.29) is 5.95 Å². The third-order valence-corrected chi connectivity index (χ3v) is 3.84. The van der Waals surface area contributed by atoms with E-state index in [4.69, 9.17) is 15.2 Å². The number of aliphatic hydroxyl groups is 1. The average molecular weight is 358 g/mol. The van der Waals surface area contributed by atoms with Crippen molar-refractivity contribution in [3.8, 4) is 11.5 Å². The molecule has 3 rings (SSSR count). The number of anilines is 2. The molecule has 9 heteroatoms. The average Bonchev–Trinajstić information content (AvgIpc) is 3.02. The van der Waals surface area contributed by atoms with Crippen LogP contribution < -0.4 is 20.5 Å². The van der Waals surface area contributed by atoms with Crippen molar-refractivity contribution in [1.29, 1.82) is 0 Å². The molecule has 26 heavy (non-hydrogen) atoms. The van der Waals surface area contributed by atoms with Gasteiger partial charge in [0.25, 0.3) is 0 Å². The first-order valence-electron chi connectivity index (χ1n) is 8.14. The van der Waals surface area contributed by atoms with Gasteiger partial charge in [0.15, 0.2) is 11.3 Å². The number of rotatable bonds is 7. The molecule has 4 N–H and O–H groups in total. The van der Waals surface area contributed by atoms with Gasteiger partial charge in [-0.1, -0.05) is 6.07 Å². The van der Waals surface area contributed by atoms with Crippen molar-refractivity contribution < 1.29 is 14.6 Å². The Morgan fingerprint density at radius 2 is 1.92 bits per heavy atom. The number of hydrogen-bond acceptors (Lipinski definition) is 8. The third kappa shape index (κ3) is 3.62. The Bertz CT molecular complexity index is 887. The zero-order chi connectivity index (χ0) is 18.7. The second-order valence-electron chi connectivity index (χ2n) is 5.86. The predicted molar refractivity (Wildman–Crippen MR) is 98.6 cm³/mol. The molecule has 0 saturated heterocycles. The fourth-order valence-electron chi connectivity index (χ4n) is 2.67. The minimum atomic E-state index is -0.527. The van der Waals surface area contributed by atoms with Crippen molar-refractivity contribution in [2.45, 2.75) is 19.6 Å². The van der Waals surface area contributed by atoms with Gasteiger partial charge in [-0.25, -0.2) is 4.98 Å². The molecule has 0 aliphatic heterocycles. The van der Waals surface area contributed by atoms with Gasteiger partial charge in [-0.2, -0.15) is 10.1 Å². The van der Waals surface area contributed by atoms with Crippen LogP contribution in [0.4, 0.5) is 11.8 Å². The first-order valence-corrected chi connectivity index (χ1v) is 8.14. The van der Waals surface area contributed by atoms with Crippen LogP contribution in [0.5, 0.6) is 11.5 Å². The molecule has 0 spiro atoms. The lowest BCUT2D eigenvalue weighted by atomic mass is 10.1. The lowest BCUT2D eigenvalue weighted by molar-refractivity contribution is 0.208. The van der Waals surface area contributed by atoms with Gasteiger partial charge in [0, 0.05) is 6.54 Å². The number of aromatic nitrogens is 4. The zero-order valence-corrected chi connectivity index (χ0v) is 14.9. The van der Waals surface area contributed by atoms with Crippen molar-refractivity contribution in [2.75, 3.05) is 31.8 Å². The van der Waals surface area contributed by atoms with Gasteiger partial charge in [0.1, 0.15) is 17.0 Å². The highest BCUT2D eigenvalue weighted by Crippen LogP contribution is 2.29. The van der Waals surface area contributed by atoms with E-state index >= 15 is 0 Å². The maximum absolute atomic E-state index is 9.48. The number of nitrogens with one attached hydrogen (secondary N) is 1. The minimum Gasteiger partial charge on any atom is -0.496 e. The molecule has 0 bridgehead atoms. The molecule has 1 aromatic carbocycles. The van der Waals surface area contributed by atoms with E-state index in [1.54, 1.807) is 32.0 Å². The van der Waals surface area contributed by atoms with Crippen LogP contribution in [0.25, 0.3) is 11.0 Å². The maximum Gasteiger partial charge on any atom is 0.222 e. The molecular weight excluding hydrogens is 336 g/mol. The highest BCUT2D eigenvalue weighted by Gasteiger charge is 2.15. The Labute approximate surface area is 150 Å². The van der Waals surface area contributed by atoms with E-state index in [1.165, 1.54) is 0 Å². The Hall–Kier alpha value is -3.07. The van der Waals surface area contributed by atoms with Crippen molar-refractivity contribution in [2.24, 2.45) is 0 Å². The fourth-order valence-corrected chi connectivity index (χ4v) is 2.67. The molecule has 0 saturated carbocycles. The van der Waals surface area contributed by atoms with Crippen LogP contribution in [-0.2, 0) is 6.54 Å². The summed E-state index contributed by atoms with van der Waals surface area (Å²) in [6, 6.07) is 5.61. The highest BCUT2D eigenvalue weighted by atomic mass is 16.5. The lowest BCUT2D eigenvalue weighted by Gasteiger charge is -2.12. The number of nitrogens with two attached hydrogens (primary N) is 1. The predicted octanol–water partition coefficient (Wildman–Crippen LogP) is 1.27. The van der Waals surface area contributed by atoms with Crippen LogP contribution in [0, 0.1) is 0 Å². The Kier molecular flexibility index (Phi) is 5.08. The lowest BCUT2D eigenvalue weighted by Crippen LogP contribution is -2.17. The second kappa shape index (κ2) is 7.44. The van der Waals surface area contributed by atoms with Crippen LogP contribution in [-0.4, -0.2) is 51.7 Å². The molecule has 1 atom stereocenters. The van der Waals surface area contributed by atoms with Gasteiger partial charge in [0.2, 0.25) is 5.95 Å². The Morgan fingerprint density at radius 1 is 1.23 bits per heavy atom. The van der Waals surface area contributed by atoms with Gasteiger partial charge < -0.3 is 25.6 Å². The number of benzene rings is 1. The summed E-state index contributed by atoms with van der Waals surface area (Å²) in [6.45, 7) is 2.44. The van der Waals surface area contributed by atoms with Crippen LogP contribution in [0.1, 0.15) is 12.5 Å². The van der Waals surface area contributed by atoms with Crippen molar-refractivity contribution in [3.63, 3.8) is 0 Å². The number of nitrogen functional groups attached to an aromatic ring is 1. The molecule has 0 radical (unpaired) electrons. The SMILES string of the molecule is COc1cccc(OC)c1Cn1cc2nc(N)nc(NC[C@H](C)O)c2n1. The quantitative estimate of drug-likeness (QED) is 0.577. The van der Waals surface area contributed by atoms with Gasteiger partial charge in [-0.15, -0.1) is 0 Å². The summed E-state index contributed by atoms with van der Waals surface area (Å²) < 4.78 is 12.6. The van der Waals surface area contributed by atoms with E-state index < -0.39 is 6.10 Å². The highest BCUT2D eigenvalue weighted by molar-refractivity contribution is 5.85. The molecule has 3 aromatic rings. The maximum atomic E-state index is 9.48. The summed E-state index contributed by atoms with van der Waals surface area (Å²) in [7, 11) is 3.23. The number of hydrogen-bond donors (Lipinski definition) is 3. The molecule has 0 fully saturated rings. The van der Waals surface area contributed by atoms with Gasteiger partial charge in [-0.3, -0.25) is 4.68 Å². The summed E-state index contributed by atoms with van der Waals surface area (Å²) in [6.07, 6.45) is 1.26. The van der Waals surface area contributed by atoms with Crippen molar-refractivity contribution in [1.82, 2.24) is 19.7 Å². The number of aliphatic hydroxyl groups excluding tert-OH is 1. The number of fused-ring (bicyclic) bond motifs is 1. The summed E-state index contributed by atoms with van der Waals surface area (Å²) >= 11 is 0. The minimum absolute atomic E-state index is 0.139. The van der Waals surface area contributed by atoms with E-state index in [0.29, 0.717) is 41.4 Å². The van der Waals surface area contributed by atoms with Gasteiger partial charge in [0.05, 0.1) is 38.6 Å². The molecule has 0 amide bonds.